The summed E-state index contributed by atoms with van der Waals surface area (Å²) in [6, 6.07) is 5.87. The summed E-state index contributed by atoms with van der Waals surface area (Å²) in [6.07, 6.45) is 0.938. The molecule has 0 saturated heterocycles. The normalized spacial score (nSPS) is 11.6. The van der Waals surface area contributed by atoms with Crippen molar-refractivity contribution < 1.29 is 10.0 Å². The summed E-state index contributed by atoms with van der Waals surface area (Å²) in [5.74, 6) is 0. The van der Waals surface area contributed by atoms with Gasteiger partial charge in [-0.15, -0.1) is 0 Å². The van der Waals surface area contributed by atoms with Crippen LogP contribution in [0.1, 0.15) is 31.9 Å². The van der Waals surface area contributed by atoms with Crippen molar-refractivity contribution in [3.63, 3.8) is 0 Å². The summed E-state index contributed by atoms with van der Waals surface area (Å²) in [5, 5.41) is 18.4. The van der Waals surface area contributed by atoms with Crippen molar-refractivity contribution in [3.8, 4) is 0 Å². The van der Waals surface area contributed by atoms with Crippen LogP contribution in [0.4, 0.5) is 0 Å². The van der Waals surface area contributed by atoms with Gasteiger partial charge >= 0.3 is 7.12 Å². The first kappa shape index (κ1) is 12.3. The van der Waals surface area contributed by atoms with E-state index in [4.69, 9.17) is 0 Å². The predicted molar refractivity (Wildman–Crippen MR) is 64.2 cm³/mol. The molecule has 0 amide bonds. The lowest BCUT2D eigenvalue weighted by atomic mass is 9.75. The van der Waals surface area contributed by atoms with Crippen molar-refractivity contribution in [1.29, 1.82) is 0 Å². The highest BCUT2D eigenvalue weighted by Gasteiger charge is 2.16. The molecule has 2 N–H and O–H groups in total. The first-order chi connectivity index (χ1) is 6.79. The van der Waals surface area contributed by atoms with Crippen LogP contribution in [0.2, 0.25) is 0 Å². The molecule has 0 aliphatic rings. The number of benzene rings is 1. The molecule has 2 nitrogen and oxygen atoms in total. The number of rotatable bonds is 2. The SMILES string of the molecule is Cc1ccc(CC(C)(C)C)cc1B(O)O. The molecule has 1 aromatic carbocycles. The Morgan fingerprint density at radius 2 is 1.80 bits per heavy atom. The van der Waals surface area contributed by atoms with E-state index in [1.54, 1.807) is 0 Å². The van der Waals surface area contributed by atoms with Crippen LogP contribution in [0.25, 0.3) is 0 Å². The van der Waals surface area contributed by atoms with Gasteiger partial charge in [-0.3, -0.25) is 0 Å². The van der Waals surface area contributed by atoms with E-state index < -0.39 is 7.12 Å². The second kappa shape index (κ2) is 4.37. The van der Waals surface area contributed by atoms with Gasteiger partial charge in [0.05, 0.1) is 0 Å². The Morgan fingerprint density at radius 1 is 1.20 bits per heavy atom. The zero-order chi connectivity index (χ0) is 11.6. The first-order valence-electron chi connectivity index (χ1n) is 5.25. The Balaban J connectivity index is 2.98. The molecule has 0 aliphatic carbocycles. The Bertz CT molecular complexity index is 340. The second-order valence-electron chi connectivity index (χ2n) is 5.30. The van der Waals surface area contributed by atoms with Gasteiger partial charge < -0.3 is 10.0 Å². The van der Waals surface area contributed by atoms with E-state index in [1.165, 1.54) is 0 Å². The fraction of sp³-hybridized carbons (Fsp3) is 0.500. The molecule has 0 unspecified atom stereocenters. The van der Waals surface area contributed by atoms with E-state index in [9.17, 15) is 10.0 Å². The Labute approximate surface area is 92.1 Å². The van der Waals surface area contributed by atoms with E-state index in [2.05, 4.69) is 20.8 Å². The van der Waals surface area contributed by atoms with Gasteiger partial charge in [-0.2, -0.15) is 0 Å². The molecule has 1 rings (SSSR count). The number of aryl methyl sites for hydroxylation is 1. The highest BCUT2D eigenvalue weighted by atomic mass is 16.4. The summed E-state index contributed by atoms with van der Waals surface area (Å²) in [5.41, 5.74) is 2.89. The Morgan fingerprint density at radius 3 is 2.27 bits per heavy atom. The van der Waals surface area contributed by atoms with E-state index in [1.807, 2.05) is 25.1 Å². The van der Waals surface area contributed by atoms with Crippen LogP contribution in [0, 0.1) is 12.3 Å². The fourth-order valence-electron chi connectivity index (χ4n) is 1.69. The van der Waals surface area contributed by atoms with Crippen LogP contribution in [0.3, 0.4) is 0 Å². The Hall–Kier alpha value is -0.795. The highest BCUT2D eigenvalue weighted by Crippen LogP contribution is 2.20. The zero-order valence-electron chi connectivity index (χ0n) is 9.91. The van der Waals surface area contributed by atoms with Crippen molar-refractivity contribution >= 4 is 12.6 Å². The summed E-state index contributed by atoms with van der Waals surface area (Å²) < 4.78 is 0. The van der Waals surface area contributed by atoms with Gasteiger partial charge in [0.2, 0.25) is 0 Å². The predicted octanol–water partition coefficient (Wildman–Crippen LogP) is 1.26. The maximum Gasteiger partial charge on any atom is 0.488 e. The van der Waals surface area contributed by atoms with E-state index in [0.717, 1.165) is 17.5 Å². The smallest absolute Gasteiger partial charge is 0.423 e. The molecule has 15 heavy (non-hydrogen) atoms. The average Bonchev–Trinajstić information content (AvgIpc) is 2.05. The van der Waals surface area contributed by atoms with Crippen LogP contribution in [0.15, 0.2) is 18.2 Å². The lowest BCUT2D eigenvalue weighted by molar-refractivity contribution is 0.410. The molecule has 0 saturated carbocycles. The van der Waals surface area contributed by atoms with Crippen molar-refractivity contribution in [3.05, 3.63) is 29.3 Å². The number of hydrogen-bond acceptors (Lipinski definition) is 2. The lowest BCUT2D eigenvalue weighted by Gasteiger charge is -2.19. The fourth-order valence-corrected chi connectivity index (χ4v) is 1.69. The quantitative estimate of drug-likeness (QED) is 0.715. The minimum Gasteiger partial charge on any atom is -0.423 e. The van der Waals surface area contributed by atoms with Gasteiger partial charge in [-0.1, -0.05) is 44.5 Å². The molecule has 1 aromatic rings. The van der Waals surface area contributed by atoms with E-state index >= 15 is 0 Å². The molecule has 0 heterocycles. The van der Waals surface area contributed by atoms with Gasteiger partial charge in [0, 0.05) is 0 Å². The van der Waals surface area contributed by atoms with Crippen molar-refractivity contribution in [2.24, 2.45) is 5.41 Å². The monoisotopic (exact) mass is 206 g/mol. The Kier molecular flexibility index (Phi) is 3.58. The maximum absolute atomic E-state index is 9.18. The largest absolute Gasteiger partial charge is 0.488 e. The van der Waals surface area contributed by atoms with E-state index in [0.29, 0.717) is 5.46 Å². The average molecular weight is 206 g/mol. The third-order valence-corrected chi connectivity index (χ3v) is 2.36. The van der Waals surface area contributed by atoms with Crippen molar-refractivity contribution in [1.82, 2.24) is 0 Å². The summed E-state index contributed by atoms with van der Waals surface area (Å²) >= 11 is 0. The minimum atomic E-state index is -1.37. The standard InChI is InChI=1S/C12H19BO2/c1-9-5-6-10(8-12(2,3)4)7-11(9)13(14)15/h5-7,14-15H,8H2,1-4H3. The molecule has 0 bridgehead atoms. The van der Waals surface area contributed by atoms with Gasteiger partial charge in [-0.05, 0) is 29.8 Å². The van der Waals surface area contributed by atoms with Gasteiger partial charge in [0.15, 0.2) is 0 Å². The third kappa shape index (κ3) is 3.69. The minimum absolute atomic E-state index is 0.215. The van der Waals surface area contributed by atoms with Crippen molar-refractivity contribution in [2.45, 2.75) is 34.1 Å². The van der Waals surface area contributed by atoms with Gasteiger partial charge in [0.25, 0.3) is 0 Å². The molecule has 0 aromatic heterocycles. The molecular formula is C12H19BO2. The first-order valence-corrected chi connectivity index (χ1v) is 5.25. The van der Waals surface area contributed by atoms with Crippen LogP contribution >= 0.6 is 0 Å². The van der Waals surface area contributed by atoms with Crippen LogP contribution < -0.4 is 5.46 Å². The topological polar surface area (TPSA) is 40.5 Å². The second-order valence-corrected chi connectivity index (χ2v) is 5.30. The summed E-state index contributed by atoms with van der Waals surface area (Å²) in [6.45, 7) is 8.39. The van der Waals surface area contributed by atoms with Gasteiger partial charge in [-0.25, -0.2) is 0 Å². The van der Waals surface area contributed by atoms with Gasteiger partial charge in [0.1, 0.15) is 0 Å². The van der Waals surface area contributed by atoms with E-state index in [-0.39, 0.29) is 5.41 Å². The molecule has 0 atom stereocenters. The summed E-state index contributed by atoms with van der Waals surface area (Å²) in [7, 11) is -1.37. The third-order valence-electron chi connectivity index (χ3n) is 2.36. The molecule has 82 valence electrons. The zero-order valence-corrected chi connectivity index (χ0v) is 9.91. The molecule has 0 fully saturated rings. The van der Waals surface area contributed by atoms with Crippen molar-refractivity contribution in [2.75, 3.05) is 0 Å². The molecular weight excluding hydrogens is 187 g/mol. The molecule has 0 aliphatic heterocycles. The highest BCUT2D eigenvalue weighted by molar-refractivity contribution is 6.59. The molecule has 0 spiro atoms. The van der Waals surface area contributed by atoms with Crippen LogP contribution in [-0.2, 0) is 6.42 Å². The van der Waals surface area contributed by atoms with Crippen LogP contribution in [0.5, 0.6) is 0 Å². The summed E-state index contributed by atoms with van der Waals surface area (Å²) in [4.78, 5) is 0. The van der Waals surface area contributed by atoms with Crippen LogP contribution in [-0.4, -0.2) is 17.2 Å². The maximum atomic E-state index is 9.18. The lowest BCUT2D eigenvalue weighted by Crippen LogP contribution is -2.32. The number of hydrogen-bond donors (Lipinski definition) is 2. The molecule has 3 heteroatoms. The molecule has 0 radical (unpaired) electrons.